The van der Waals surface area contributed by atoms with Crippen LogP contribution in [0.25, 0.3) is 0 Å². The standard InChI is InChI=1S/C18H16N4O4S/c1-26-15-5-3-2-4-13(15)11-17-20-21-18(27-17)19-16(23)10-12-6-8-14(9-7-12)22(24)25/h2-9H,10-11H2,1H3,(H,19,21,23). The first-order valence-corrected chi connectivity index (χ1v) is 8.84. The number of carbonyl (C=O) groups is 1. The van der Waals surface area contributed by atoms with E-state index < -0.39 is 4.92 Å². The number of para-hydroxylation sites is 1. The molecule has 0 unspecified atom stereocenters. The fourth-order valence-electron chi connectivity index (χ4n) is 2.47. The number of methoxy groups -OCH3 is 1. The first kappa shape index (κ1) is 18.5. The van der Waals surface area contributed by atoms with Crippen LogP contribution in [0.15, 0.2) is 48.5 Å². The Bertz CT molecular complexity index is 956. The number of nitrogens with one attached hydrogen (secondary N) is 1. The molecule has 27 heavy (non-hydrogen) atoms. The van der Waals surface area contributed by atoms with E-state index in [1.165, 1.54) is 23.5 Å². The molecule has 0 fully saturated rings. The van der Waals surface area contributed by atoms with Gasteiger partial charge in [0, 0.05) is 24.1 Å². The van der Waals surface area contributed by atoms with Crippen LogP contribution in [-0.4, -0.2) is 28.1 Å². The molecule has 9 heteroatoms. The summed E-state index contributed by atoms with van der Waals surface area (Å²) in [5.74, 6) is 0.514. The number of non-ortho nitro benzene ring substituents is 1. The number of nitrogens with zero attached hydrogens (tertiary/aromatic N) is 3. The van der Waals surface area contributed by atoms with Gasteiger partial charge < -0.3 is 10.1 Å². The van der Waals surface area contributed by atoms with Gasteiger partial charge in [-0.15, -0.1) is 10.2 Å². The quantitative estimate of drug-likeness (QED) is 0.495. The maximum atomic E-state index is 12.1. The number of anilines is 1. The third-order valence-electron chi connectivity index (χ3n) is 3.76. The molecule has 0 aliphatic carbocycles. The van der Waals surface area contributed by atoms with Crippen molar-refractivity contribution in [1.82, 2.24) is 10.2 Å². The predicted octanol–water partition coefficient (Wildman–Crippen LogP) is 3.23. The van der Waals surface area contributed by atoms with Crippen molar-refractivity contribution in [1.29, 1.82) is 0 Å². The van der Waals surface area contributed by atoms with E-state index >= 15 is 0 Å². The Morgan fingerprint density at radius 3 is 2.63 bits per heavy atom. The van der Waals surface area contributed by atoms with Crippen molar-refractivity contribution in [3.63, 3.8) is 0 Å². The molecule has 0 saturated heterocycles. The van der Waals surface area contributed by atoms with E-state index in [2.05, 4.69) is 15.5 Å². The maximum Gasteiger partial charge on any atom is 0.269 e. The summed E-state index contributed by atoms with van der Waals surface area (Å²) in [5.41, 5.74) is 1.65. The molecule has 3 rings (SSSR count). The molecule has 0 aliphatic rings. The fourth-order valence-corrected chi connectivity index (χ4v) is 3.25. The number of aromatic nitrogens is 2. The molecule has 1 N–H and O–H groups in total. The van der Waals surface area contributed by atoms with Crippen molar-refractivity contribution in [3.8, 4) is 5.75 Å². The Hall–Kier alpha value is -3.33. The number of nitro benzene ring substituents is 1. The number of nitro groups is 1. The molecule has 0 radical (unpaired) electrons. The van der Waals surface area contributed by atoms with Crippen molar-refractivity contribution in [2.75, 3.05) is 12.4 Å². The molecule has 2 aromatic carbocycles. The third-order valence-corrected chi connectivity index (χ3v) is 4.60. The van der Waals surface area contributed by atoms with E-state index in [-0.39, 0.29) is 18.0 Å². The van der Waals surface area contributed by atoms with Crippen LogP contribution < -0.4 is 10.1 Å². The summed E-state index contributed by atoms with van der Waals surface area (Å²) in [6.45, 7) is 0. The van der Waals surface area contributed by atoms with Crippen molar-refractivity contribution in [2.24, 2.45) is 0 Å². The summed E-state index contributed by atoms with van der Waals surface area (Å²) in [6.07, 6.45) is 0.652. The van der Waals surface area contributed by atoms with Crippen LogP contribution in [0.3, 0.4) is 0 Å². The summed E-state index contributed by atoms with van der Waals surface area (Å²) >= 11 is 1.29. The van der Waals surface area contributed by atoms with Crippen LogP contribution in [0.5, 0.6) is 5.75 Å². The summed E-state index contributed by atoms with van der Waals surface area (Å²) in [4.78, 5) is 22.3. The summed E-state index contributed by atoms with van der Waals surface area (Å²) in [5, 5.41) is 22.6. The Balaban J connectivity index is 1.60. The first-order valence-electron chi connectivity index (χ1n) is 8.02. The number of hydrogen-bond acceptors (Lipinski definition) is 7. The van der Waals surface area contributed by atoms with Gasteiger partial charge >= 0.3 is 0 Å². The van der Waals surface area contributed by atoms with Crippen molar-refractivity contribution in [2.45, 2.75) is 12.8 Å². The lowest BCUT2D eigenvalue weighted by molar-refractivity contribution is -0.384. The molecule has 8 nitrogen and oxygen atoms in total. The normalized spacial score (nSPS) is 10.4. The molecule has 0 spiro atoms. The lowest BCUT2D eigenvalue weighted by Crippen LogP contribution is -2.14. The second-order valence-electron chi connectivity index (χ2n) is 5.64. The molecule has 0 aliphatic heterocycles. The van der Waals surface area contributed by atoms with E-state index in [4.69, 9.17) is 4.74 Å². The highest BCUT2D eigenvalue weighted by atomic mass is 32.1. The van der Waals surface area contributed by atoms with Gasteiger partial charge in [-0.3, -0.25) is 14.9 Å². The molecular weight excluding hydrogens is 368 g/mol. The lowest BCUT2D eigenvalue weighted by Gasteiger charge is -2.05. The van der Waals surface area contributed by atoms with Gasteiger partial charge in [0.25, 0.3) is 5.69 Å². The second-order valence-corrected chi connectivity index (χ2v) is 6.70. The molecule has 1 amide bonds. The number of rotatable bonds is 7. The van der Waals surface area contributed by atoms with Crippen molar-refractivity contribution in [3.05, 3.63) is 74.8 Å². The van der Waals surface area contributed by atoms with Gasteiger partial charge in [0.15, 0.2) is 0 Å². The van der Waals surface area contributed by atoms with E-state index in [0.29, 0.717) is 17.1 Å². The van der Waals surface area contributed by atoms with Crippen LogP contribution >= 0.6 is 11.3 Å². The minimum Gasteiger partial charge on any atom is -0.496 e. The van der Waals surface area contributed by atoms with Gasteiger partial charge in [-0.2, -0.15) is 0 Å². The van der Waals surface area contributed by atoms with Crippen LogP contribution in [0.4, 0.5) is 10.8 Å². The van der Waals surface area contributed by atoms with Crippen LogP contribution in [-0.2, 0) is 17.6 Å². The third kappa shape index (κ3) is 4.85. The summed E-state index contributed by atoms with van der Waals surface area (Å²) < 4.78 is 5.32. The van der Waals surface area contributed by atoms with E-state index in [1.807, 2.05) is 24.3 Å². The number of benzene rings is 2. The Kier molecular flexibility index (Phi) is 5.72. The fraction of sp³-hybridized carbons (Fsp3) is 0.167. The molecule has 0 saturated carbocycles. The zero-order chi connectivity index (χ0) is 19.2. The van der Waals surface area contributed by atoms with Gasteiger partial charge in [-0.25, -0.2) is 0 Å². The Labute approximate surface area is 159 Å². The zero-order valence-corrected chi connectivity index (χ0v) is 15.2. The monoisotopic (exact) mass is 384 g/mol. The zero-order valence-electron chi connectivity index (χ0n) is 14.4. The van der Waals surface area contributed by atoms with Gasteiger partial charge in [-0.05, 0) is 11.6 Å². The molecular formula is C18H16N4O4S. The highest BCUT2D eigenvalue weighted by molar-refractivity contribution is 7.15. The average molecular weight is 384 g/mol. The molecule has 1 heterocycles. The molecule has 138 valence electrons. The Morgan fingerprint density at radius 1 is 1.19 bits per heavy atom. The number of amides is 1. The molecule has 3 aromatic rings. The summed E-state index contributed by atoms with van der Waals surface area (Å²) in [6, 6.07) is 13.5. The van der Waals surface area contributed by atoms with Gasteiger partial charge in [0.05, 0.1) is 18.5 Å². The number of hydrogen-bond donors (Lipinski definition) is 1. The number of carbonyl (C=O) groups excluding carboxylic acids is 1. The van der Waals surface area contributed by atoms with E-state index in [1.54, 1.807) is 19.2 Å². The predicted molar refractivity (Wildman–Crippen MR) is 101 cm³/mol. The SMILES string of the molecule is COc1ccccc1Cc1nnc(NC(=O)Cc2ccc([N+](=O)[O-])cc2)s1. The van der Waals surface area contributed by atoms with Crippen molar-refractivity contribution < 1.29 is 14.5 Å². The van der Waals surface area contributed by atoms with E-state index in [9.17, 15) is 14.9 Å². The van der Waals surface area contributed by atoms with E-state index in [0.717, 1.165) is 16.3 Å². The first-order chi connectivity index (χ1) is 13.0. The molecule has 0 bridgehead atoms. The molecule has 0 atom stereocenters. The lowest BCUT2D eigenvalue weighted by atomic mass is 10.1. The minimum absolute atomic E-state index is 0.00994. The maximum absolute atomic E-state index is 12.1. The Morgan fingerprint density at radius 2 is 1.93 bits per heavy atom. The molecule has 1 aromatic heterocycles. The highest BCUT2D eigenvalue weighted by Gasteiger charge is 2.12. The van der Waals surface area contributed by atoms with Crippen LogP contribution in [0, 0.1) is 10.1 Å². The summed E-state index contributed by atoms with van der Waals surface area (Å²) in [7, 11) is 1.61. The minimum atomic E-state index is -0.478. The second kappa shape index (κ2) is 8.37. The van der Waals surface area contributed by atoms with Gasteiger partial charge in [-0.1, -0.05) is 41.7 Å². The van der Waals surface area contributed by atoms with Crippen molar-refractivity contribution >= 4 is 28.1 Å². The van der Waals surface area contributed by atoms with Crippen LogP contribution in [0.2, 0.25) is 0 Å². The largest absolute Gasteiger partial charge is 0.496 e. The average Bonchev–Trinajstić information content (AvgIpc) is 3.09. The smallest absolute Gasteiger partial charge is 0.269 e. The highest BCUT2D eigenvalue weighted by Crippen LogP contribution is 2.24. The van der Waals surface area contributed by atoms with Gasteiger partial charge in [0.1, 0.15) is 10.8 Å². The van der Waals surface area contributed by atoms with Gasteiger partial charge in [0.2, 0.25) is 11.0 Å². The topological polar surface area (TPSA) is 107 Å². The van der Waals surface area contributed by atoms with Crippen LogP contribution in [0.1, 0.15) is 16.1 Å². The number of ether oxygens (including phenoxy) is 1.